The number of rotatable bonds is 9. The van der Waals surface area contributed by atoms with Gasteiger partial charge < -0.3 is 10.2 Å². The van der Waals surface area contributed by atoms with Crippen molar-refractivity contribution in [1.82, 2.24) is 4.90 Å². The maximum atomic E-state index is 13.6. The molecule has 39 heavy (non-hydrogen) atoms. The molecule has 1 saturated heterocycles. The van der Waals surface area contributed by atoms with Gasteiger partial charge in [-0.3, -0.25) is 4.79 Å². The molecular formula is C32H36ClF2N3O. The van der Waals surface area contributed by atoms with Gasteiger partial charge in [0.05, 0.1) is 16.7 Å². The summed E-state index contributed by atoms with van der Waals surface area (Å²) in [5.41, 5.74) is 2.77. The molecule has 7 atom stereocenters. The SMILES string of the molecule is N#Cc1cccc([C@]23CC[C@@H](C4C(CCCCN5CC[C@H](F)C5)C4C(=O)Nc4ccc(F)c(Cl)c4)CC2C3)c1. The number of benzene rings is 2. The fraction of sp³-hybridized carbons (Fsp3) is 0.562. The van der Waals surface area contributed by atoms with Crippen LogP contribution >= 0.6 is 11.6 Å². The molecule has 2 aromatic carbocycles. The third kappa shape index (κ3) is 5.45. The van der Waals surface area contributed by atoms with Crippen molar-refractivity contribution in [3.63, 3.8) is 0 Å². The van der Waals surface area contributed by atoms with Gasteiger partial charge in [0.25, 0.3) is 0 Å². The van der Waals surface area contributed by atoms with Gasteiger partial charge in [-0.05, 0) is 116 Å². The summed E-state index contributed by atoms with van der Waals surface area (Å²) < 4.78 is 27.2. The highest BCUT2D eigenvalue weighted by atomic mass is 35.5. The number of hydrogen-bond acceptors (Lipinski definition) is 3. The molecule has 1 N–H and O–H groups in total. The van der Waals surface area contributed by atoms with E-state index in [4.69, 9.17) is 11.6 Å². The molecule has 3 aliphatic carbocycles. The highest BCUT2D eigenvalue weighted by molar-refractivity contribution is 6.31. The molecule has 4 fully saturated rings. The second-order valence-corrected chi connectivity index (χ2v) is 12.8. The zero-order valence-corrected chi connectivity index (χ0v) is 23.0. The van der Waals surface area contributed by atoms with Crippen molar-refractivity contribution in [2.24, 2.45) is 29.6 Å². The number of likely N-dealkylation sites (tertiary alicyclic amines) is 1. The fourth-order valence-corrected chi connectivity index (χ4v) is 8.14. The molecule has 6 rings (SSSR count). The quantitative estimate of drug-likeness (QED) is 0.337. The Morgan fingerprint density at radius 3 is 2.82 bits per heavy atom. The third-order valence-electron chi connectivity index (χ3n) is 10.1. The normalized spacial score (nSPS) is 33.3. The van der Waals surface area contributed by atoms with E-state index in [1.807, 2.05) is 12.1 Å². The maximum Gasteiger partial charge on any atom is 0.228 e. The van der Waals surface area contributed by atoms with E-state index in [-0.39, 0.29) is 22.3 Å². The lowest BCUT2D eigenvalue weighted by molar-refractivity contribution is -0.118. The first-order chi connectivity index (χ1) is 18.9. The van der Waals surface area contributed by atoms with Crippen molar-refractivity contribution < 1.29 is 13.6 Å². The molecule has 1 aliphatic heterocycles. The Kier molecular flexibility index (Phi) is 7.41. The average molecular weight is 552 g/mol. The van der Waals surface area contributed by atoms with Crippen LogP contribution in [0.2, 0.25) is 5.02 Å². The molecule has 2 aromatic rings. The lowest BCUT2D eigenvalue weighted by Crippen LogP contribution is -2.23. The van der Waals surface area contributed by atoms with Crippen molar-refractivity contribution in [1.29, 1.82) is 5.26 Å². The van der Waals surface area contributed by atoms with Crippen molar-refractivity contribution in [2.75, 3.05) is 25.0 Å². The standard InChI is InChI=1S/C32H36ClF2N3O/c33-27-16-25(7-8-28(27)35)37-31(39)30-26(6-1-2-12-38-13-10-24(34)19-38)29(30)21-9-11-32(17-23(32)15-21)22-5-3-4-20(14-22)18-36/h3-5,7-8,14,16,21,23-24,26,29-30H,1-2,6,9-13,15,17,19H2,(H,37,39)/t21-,23?,24+,26?,29?,30?,32-/m1/s1. The van der Waals surface area contributed by atoms with E-state index >= 15 is 0 Å². The molecule has 4 aliphatic rings. The summed E-state index contributed by atoms with van der Waals surface area (Å²) in [6.45, 7) is 2.33. The number of carbonyl (C=O) groups is 1. The number of unbranched alkanes of at least 4 members (excludes halogenated alkanes) is 1. The number of nitrogens with one attached hydrogen (secondary N) is 1. The number of halogens is 3. The first kappa shape index (κ1) is 26.7. The Balaban J connectivity index is 1.10. The van der Waals surface area contributed by atoms with Crippen molar-refractivity contribution in [2.45, 2.75) is 63.0 Å². The summed E-state index contributed by atoms with van der Waals surface area (Å²) in [5.74, 6) is 1.35. The van der Waals surface area contributed by atoms with Crippen LogP contribution in [0.25, 0.3) is 0 Å². The van der Waals surface area contributed by atoms with E-state index in [0.717, 1.165) is 57.2 Å². The molecule has 4 nitrogen and oxygen atoms in total. The number of fused-ring (bicyclic) bond motifs is 1. The molecule has 0 bridgehead atoms. The van der Waals surface area contributed by atoms with E-state index in [1.54, 1.807) is 6.07 Å². The third-order valence-corrected chi connectivity index (χ3v) is 10.4. The van der Waals surface area contributed by atoms with Crippen LogP contribution in [0.5, 0.6) is 0 Å². The van der Waals surface area contributed by atoms with Crippen LogP contribution in [0.4, 0.5) is 14.5 Å². The smallest absolute Gasteiger partial charge is 0.228 e. The first-order valence-electron chi connectivity index (χ1n) is 14.5. The molecular weight excluding hydrogens is 516 g/mol. The number of alkyl halides is 1. The second-order valence-electron chi connectivity index (χ2n) is 12.4. The summed E-state index contributed by atoms with van der Waals surface area (Å²) in [6, 6.07) is 14.7. The molecule has 1 amide bonds. The van der Waals surface area contributed by atoms with Crippen molar-refractivity contribution in [3.8, 4) is 6.07 Å². The Morgan fingerprint density at radius 1 is 1.21 bits per heavy atom. The van der Waals surface area contributed by atoms with Gasteiger partial charge in [0.1, 0.15) is 12.0 Å². The van der Waals surface area contributed by atoms with Crippen LogP contribution in [-0.4, -0.2) is 36.6 Å². The predicted octanol–water partition coefficient (Wildman–Crippen LogP) is 7.12. The lowest BCUT2D eigenvalue weighted by Gasteiger charge is -2.29. The van der Waals surface area contributed by atoms with Crippen molar-refractivity contribution in [3.05, 3.63) is 64.4 Å². The van der Waals surface area contributed by atoms with Gasteiger partial charge in [-0.25, -0.2) is 8.78 Å². The monoisotopic (exact) mass is 551 g/mol. The molecule has 0 aromatic heterocycles. The number of carbonyl (C=O) groups excluding carboxylic acids is 1. The van der Waals surface area contributed by atoms with Gasteiger partial charge >= 0.3 is 0 Å². The van der Waals surface area contributed by atoms with E-state index < -0.39 is 12.0 Å². The minimum absolute atomic E-state index is 0.00643. The van der Waals surface area contributed by atoms with Crippen LogP contribution < -0.4 is 5.32 Å². The van der Waals surface area contributed by atoms with E-state index in [2.05, 4.69) is 28.4 Å². The summed E-state index contributed by atoms with van der Waals surface area (Å²) in [5, 5.41) is 12.4. The molecule has 0 radical (unpaired) electrons. The van der Waals surface area contributed by atoms with Gasteiger partial charge in [0.2, 0.25) is 5.91 Å². The topological polar surface area (TPSA) is 56.1 Å². The van der Waals surface area contributed by atoms with Crippen molar-refractivity contribution >= 4 is 23.2 Å². The summed E-state index contributed by atoms with van der Waals surface area (Å²) >= 11 is 5.95. The van der Waals surface area contributed by atoms with Gasteiger partial charge in [0, 0.05) is 24.7 Å². The number of nitrogens with zero attached hydrogens (tertiary/aromatic N) is 2. The molecule has 1 heterocycles. The first-order valence-corrected chi connectivity index (χ1v) is 14.9. The highest BCUT2D eigenvalue weighted by Crippen LogP contribution is 2.68. The van der Waals surface area contributed by atoms with E-state index in [1.165, 1.54) is 24.1 Å². The predicted molar refractivity (Wildman–Crippen MR) is 149 cm³/mol. The van der Waals surface area contributed by atoms with Crippen LogP contribution in [-0.2, 0) is 10.2 Å². The highest BCUT2D eigenvalue weighted by Gasteiger charge is 2.63. The number of amides is 1. The van der Waals surface area contributed by atoms with E-state index in [0.29, 0.717) is 42.3 Å². The Bertz CT molecular complexity index is 1280. The Hall–Kier alpha value is -2.49. The molecule has 3 saturated carbocycles. The van der Waals surface area contributed by atoms with E-state index in [9.17, 15) is 18.8 Å². The van der Waals surface area contributed by atoms with Crippen LogP contribution in [0, 0.1) is 46.7 Å². The summed E-state index contributed by atoms with van der Waals surface area (Å²) in [7, 11) is 0. The van der Waals surface area contributed by atoms with Gasteiger partial charge in [-0.2, -0.15) is 5.26 Å². The van der Waals surface area contributed by atoms with Gasteiger partial charge in [0.15, 0.2) is 0 Å². The zero-order valence-electron chi connectivity index (χ0n) is 22.2. The minimum atomic E-state index is -0.686. The maximum absolute atomic E-state index is 13.6. The van der Waals surface area contributed by atoms with Crippen LogP contribution in [0.15, 0.2) is 42.5 Å². The zero-order chi connectivity index (χ0) is 27.1. The van der Waals surface area contributed by atoms with Gasteiger partial charge in [-0.1, -0.05) is 30.2 Å². The lowest BCUT2D eigenvalue weighted by atomic mass is 9.75. The molecule has 206 valence electrons. The number of anilines is 1. The van der Waals surface area contributed by atoms with Crippen LogP contribution in [0.1, 0.15) is 62.5 Å². The Morgan fingerprint density at radius 2 is 2.08 bits per heavy atom. The molecule has 7 heteroatoms. The largest absolute Gasteiger partial charge is 0.326 e. The molecule has 0 spiro atoms. The number of nitriles is 1. The summed E-state index contributed by atoms with van der Waals surface area (Å²) in [6.07, 6.45) is 7.57. The minimum Gasteiger partial charge on any atom is -0.326 e. The summed E-state index contributed by atoms with van der Waals surface area (Å²) in [4.78, 5) is 15.6. The van der Waals surface area contributed by atoms with Crippen LogP contribution in [0.3, 0.4) is 0 Å². The fourth-order valence-electron chi connectivity index (χ4n) is 7.96. The Labute approximate surface area is 234 Å². The second kappa shape index (κ2) is 10.8. The average Bonchev–Trinajstić information content (AvgIpc) is 3.81. The number of hydrogen-bond donors (Lipinski definition) is 1. The molecule has 4 unspecified atom stereocenters. The van der Waals surface area contributed by atoms with Gasteiger partial charge in [-0.15, -0.1) is 0 Å².